The van der Waals surface area contributed by atoms with Crippen molar-refractivity contribution >= 4 is 17.8 Å². The average Bonchev–Trinajstić information content (AvgIpc) is 3.27. The fraction of sp³-hybridized carbons (Fsp3) is 0.588. The maximum absolute atomic E-state index is 12.6. The molecule has 12 heteroatoms. The van der Waals surface area contributed by atoms with E-state index < -0.39 is 12.1 Å². The molecule has 1 aromatic rings. The van der Waals surface area contributed by atoms with Gasteiger partial charge in [0.15, 0.2) is 0 Å². The average molecular weight is 421 g/mol. The van der Waals surface area contributed by atoms with Gasteiger partial charge in [-0.2, -0.15) is 13.2 Å². The van der Waals surface area contributed by atoms with Crippen LogP contribution in [0.15, 0.2) is 16.7 Å². The summed E-state index contributed by atoms with van der Waals surface area (Å²) in [6, 6.07) is 1.77. The number of likely N-dealkylation sites (tertiary alicyclic amines) is 1. The Morgan fingerprint density at radius 2 is 1.97 bits per heavy atom. The second-order valence-corrected chi connectivity index (χ2v) is 6.52. The molecule has 29 heavy (non-hydrogen) atoms. The largest absolute Gasteiger partial charge is 0.490 e. The summed E-state index contributed by atoms with van der Waals surface area (Å²) in [7, 11) is 1.63. The van der Waals surface area contributed by atoms with E-state index in [0.29, 0.717) is 44.1 Å². The van der Waals surface area contributed by atoms with Gasteiger partial charge in [-0.1, -0.05) is 0 Å². The maximum Gasteiger partial charge on any atom is 0.490 e. The third kappa shape index (κ3) is 5.70. The zero-order valence-electron chi connectivity index (χ0n) is 15.9. The number of carboxylic acid groups (broad SMARTS) is 1. The van der Waals surface area contributed by atoms with Gasteiger partial charge in [-0.15, -0.1) is 0 Å². The summed E-state index contributed by atoms with van der Waals surface area (Å²) in [5, 5.41) is 9.77. The number of likely N-dealkylation sites (N-methyl/N-ethyl adjacent to an activating group) is 1. The number of carbonyl (C=O) groups is 3. The van der Waals surface area contributed by atoms with Gasteiger partial charge in [0.25, 0.3) is 5.91 Å². The van der Waals surface area contributed by atoms with E-state index in [-0.39, 0.29) is 24.0 Å². The van der Waals surface area contributed by atoms with Crippen LogP contribution in [-0.4, -0.2) is 90.8 Å². The lowest BCUT2D eigenvalue weighted by Gasteiger charge is -2.35. The number of nitrogens with zero attached hydrogens (tertiary/aromatic N) is 2. The molecule has 2 saturated heterocycles. The number of morpholine rings is 1. The minimum Gasteiger partial charge on any atom is -0.475 e. The lowest BCUT2D eigenvalue weighted by Crippen LogP contribution is -2.53. The summed E-state index contributed by atoms with van der Waals surface area (Å²) in [6.45, 7) is 4.55. The van der Waals surface area contributed by atoms with Crippen LogP contribution in [0.25, 0.3) is 0 Å². The smallest absolute Gasteiger partial charge is 0.475 e. The molecule has 3 heterocycles. The van der Waals surface area contributed by atoms with Crippen LogP contribution in [0.3, 0.4) is 0 Å². The number of aliphatic carboxylic acids is 1. The topological polar surface area (TPSA) is 112 Å². The minimum absolute atomic E-state index is 0.0175. The van der Waals surface area contributed by atoms with Crippen molar-refractivity contribution in [1.29, 1.82) is 0 Å². The minimum atomic E-state index is -5.08. The van der Waals surface area contributed by atoms with Crippen molar-refractivity contribution in [3.63, 3.8) is 0 Å². The van der Waals surface area contributed by atoms with Crippen molar-refractivity contribution in [2.45, 2.75) is 25.2 Å². The normalized spacial score (nSPS) is 21.8. The number of hydrogen-bond acceptors (Lipinski definition) is 6. The molecule has 162 valence electrons. The Labute approximate surface area is 164 Å². The van der Waals surface area contributed by atoms with Gasteiger partial charge in [0, 0.05) is 26.7 Å². The molecule has 2 N–H and O–H groups in total. The molecule has 0 aliphatic carbocycles. The summed E-state index contributed by atoms with van der Waals surface area (Å²) in [4.78, 5) is 37.0. The van der Waals surface area contributed by atoms with Crippen molar-refractivity contribution in [2.75, 3.05) is 39.8 Å². The van der Waals surface area contributed by atoms with Crippen molar-refractivity contribution in [1.82, 2.24) is 15.1 Å². The van der Waals surface area contributed by atoms with Crippen LogP contribution < -0.4 is 5.32 Å². The molecule has 2 amide bonds. The molecule has 1 aromatic heterocycles. The molecule has 0 saturated carbocycles. The standard InChI is InChI=1S/C15H21N3O4.C2HF3O2/c1-10-11(3-5-21-10)15(20)18-7-12-13(8-18)22-6-4-17(12)9-14(19)16-2;3-2(4,5)1(6)7/h3,5,12-13H,4,6-9H2,1-2H3,(H,16,19);(H,6,7)/t12-,13+;/m1./s1. The number of furan rings is 1. The number of halogens is 3. The van der Waals surface area contributed by atoms with Gasteiger partial charge in [0.05, 0.1) is 37.1 Å². The van der Waals surface area contributed by atoms with Crippen LogP contribution in [0.5, 0.6) is 0 Å². The molecule has 0 spiro atoms. The quantitative estimate of drug-likeness (QED) is 0.731. The van der Waals surface area contributed by atoms with Crippen LogP contribution >= 0.6 is 0 Å². The van der Waals surface area contributed by atoms with E-state index in [0.717, 1.165) is 0 Å². The Morgan fingerprint density at radius 3 is 2.48 bits per heavy atom. The van der Waals surface area contributed by atoms with Gasteiger partial charge in [-0.25, -0.2) is 4.79 Å². The Balaban J connectivity index is 0.000000370. The molecule has 0 unspecified atom stereocenters. The predicted octanol–water partition coefficient (Wildman–Crippen LogP) is 0.493. The number of ether oxygens (including phenoxy) is 1. The predicted molar refractivity (Wildman–Crippen MR) is 92.2 cm³/mol. The molecule has 9 nitrogen and oxygen atoms in total. The van der Waals surface area contributed by atoms with E-state index in [1.807, 2.05) is 0 Å². The first kappa shape index (κ1) is 22.7. The SMILES string of the molecule is CNC(=O)CN1CCO[C@H]2CN(C(=O)c3ccoc3C)C[C@H]21.O=C(O)C(F)(F)F. The molecule has 2 aliphatic heterocycles. The number of carboxylic acids is 1. The zero-order chi connectivity index (χ0) is 21.8. The van der Waals surface area contributed by atoms with Crippen LogP contribution in [0.2, 0.25) is 0 Å². The van der Waals surface area contributed by atoms with Gasteiger partial charge in [-0.05, 0) is 13.0 Å². The van der Waals surface area contributed by atoms with Crippen molar-refractivity contribution in [2.24, 2.45) is 0 Å². The number of alkyl halides is 3. The number of fused-ring (bicyclic) bond motifs is 1. The van der Waals surface area contributed by atoms with E-state index in [9.17, 15) is 22.8 Å². The molecule has 2 aliphatic rings. The number of rotatable bonds is 3. The molecule has 0 radical (unpaired) electrons. The molecule has 0 bridgehead atoms. The Hall–Kier alpha value is -2.60. The first-order valence-corrected chi connectivity index (χ1v) is 8.74. The van der Waals surface area contributed by atoms with Crippen LogP contribution in [-0.2, 0) is 14.3 Å². The van der Waals surface area contributed by atoms with Crippen molar-refractivity contribution < 1.29 is 41.8 Å². The fourth-order valence-electron chi connectivity index (χ4n) is 3.16. The molecular weight excluding hydrogens is 399 g/mol. The first-order chi connectivity index (χ1) is 13.5. The second kappa shape index (κ2) is 9.27. The first-order valence-electron chi connectivity index (χ1n) is 8.74. The fourth-order valence-corrected chi connectivity index (χ4v) is 3.16. The van der Waals surface area contributed by atoms with Crippen LogP contribution in [0, 0.1) is 6.92 Å². The van der Waals surface area contributed by atoms with Gasteiger partial charge in [0.2, 0.25) is 5.91 Å². The van der Waals surface area contributed by atoms with Crippen molar-refractivity contribution in [3.8, 4) is 0 Å². The molecule has 2 atom stereocenters. The number of carbonyl (C=O) groups excluding carboxylic acids is 2. The molecule has 2 fully saturated rings. The lowest BCUT2D eigenvalue weighted by atomic mass is 10.1. The Kier molecular flexibility index (Phi) is 7.25. The number of aryl methyl sites for hydroxylation is 1. The van der Waals surface area contributed by atoms with Gasteiger partial charge in [-0.3, -0.25) is 14.5 Å². The lowest BCUT2D eigenvalue weighted by molar-refractivity contribution is -0.192. The summed E-state index contributed by atoms with van der Waals surface area (Å²) in [6.07, 6.45) is -3.59. The highest BCUT2D eigenvalue weighted by Gasteiger charge is 2.42. The highest BCUT2D eigenvalue weighted by atomic mass is 19.4. The van der Waals surface area contributed by atoms with E-state index in [2.05, 4.69) is 10.2 Å². The Bertz CT molecular complexity index is 751. The van der Waals surface area contributed by atoms with E-state index in [1.165, 1.54) is 6.26 Å². The summed E-state index contributed by atoms with van der Waals surface area (Å²) in [5.74, 6) is -2.18. The summed E-state index contributed by atoms with van der Waals surface area (Å²) < 4.78 is 42.7. The number of hydrogen-bond donors (Lipinski definition) is 2. The highest BCUT2D eigenvalue weighted by molar-refractivity contribution is 5.95. The van der Waals surface area contributed by atoms with E-state index in [1.54, 1.807) is 24.9 Å². The second-order valence-electron chi connectivity index (χ2n) is 6.52. The third-order valence-corrected chi connectivity index (χ3v) is 4.66. The monoisotopic (exact) mass is 421 g/mol. The van der Waals surface area contributed by atoms with Gasteiger partial charge in [0.1, 0.15) is 5.76 Å². The number of amides is 2. The van der Waals surface area contributed by atoms with E-state index in [4.69, 9.17) is 19.1 Å². The molecule has 0 aromatic carbocycles. The third-order valence-electron chi connectivity index (χ3n) is 4.66. The van der Waals surface area contributed by atoms with Gasteiger partial charge < -0.3 is 24.5 Å². The van der Waals surface area contributed by atoms with Crippen molar-refractivity contribution in [3.05, 3.63) is 23.7 Å². The highest BCUT2D eigenvalue weighted by Crippen LogP contribution is 2.25. The summed E-state index contributed by atoms with van der Waals surface area (Å²) in [5.41, 5.74) is 0.594. The summed E-state index contributed by atoms with van der Waals surface area (Å²) >= 11 is 0. The zero-order valence-corrected chi connectivity index (χ0v) is 15.9. The molecule has 3 rings (SSSR count). The van der Waals surface area contributed by atoms with Gasteiger partial charge >= 0.3 is 12.1 Å². The maximum atomic E-state index is 12.6. The van der Waals surface area contributed by atoms with E-state index >= 15 is 0 Å². The van der Waals surface area contributed by atoms with Crippen LogP contribution in [0.4, 0.5) is 13.2 Å². The Morgan fingerprint density at radius 1 is 1.31 bits per heavy atom. The molecular formula is C17H22F3N3O6. The van der Waals surface area contributed by atoms with Crippen LogP contribution in [0.1, 0.15) is 16.1 Å². The number of nitrogens with one attached hydrogen (secondary N) is 1.